The summed E-state index contributed by atoms with van der Waals surface area (Å²) >= 11 is 0. The second-order valence-electron chi connectivity index (χ2n) is 10.8. The van der Waals surface area contributed by atoms with Crippen molar-refractivity contribution in [3.8, 4) is 0 Å². The van der Waals surface area contributed by atoms with Gasteiger partial charge in [-0.15, -0.1) is 0 Å². The quantitative estimate of drug-likeness (QED) is 0.816. The summed E-state index contributed by atoms with van der Waals surface area (Å²) in [7, 11) is 0. The molecule has 4 aliphatic carbocycles. The van der Waals surface area contributed by atoms with Gasteiger partial charge in [0.25, 0.3) is 5.91 Å². The fraction of sp³-hybridized carbons (Fsp3) is 0.720. The first-order chi connectivity index (χ1) is 13.4. The van der Waals surface area contributed by atoms with Gasteiger partial charge in [-0.25, -0.2) is 0 Å². The Hall–Kier alpha value is -1.35. The molecule has 4 bridgehead atoms. The highest BCUT2D eigenvalue weighted by Gasteiger charge is 2.58. The van der Waals surface area contributed by atoms with E-state index >= 15 is 0 Å². The van der Waals surface area contributed by atoms with Crippen molar-refractivity contribution in [2.75, 3.05) is 11.9 Å². The van der Waals surface area contributed by atoms with E-state index in [0.717, 1.165) is 29.9 Å². The number of hydrogen-bond acceptors (Lipinski definition) is 1. The Bertz CT molecular complexity index is 724. The van der Waals surface area contributed by atoms with Gasteiger partial charge in [0.2, 0.25) is 0 Å². The van der Waals surface area contributed by atoms with Crippen molar-refractivity contribution in [2.45, 2.75) is 90.1 Å². The molecule has 5 fully saturated rings. The number of rotatable bonds is 3. The predicted molar refractivity (Wildman–Crippen MR) is 114 cm³/mol. The van der Waals surface area contributed by atoms with E-state index in [0.29, 0.717) is 5.54 Å². The molecule has 28 heavy (non-hydrogen) atoms. The molecule has 0 spiro atoms. The largest absolute Gasteiger partial charge is 0.320 e. The molecule has 1 unspecified atom stereocenters. The van der Waals surface area contributed by atoms with Crippen molar-refractivity contribution in [3.63, 3.8) is 0 Å². The highest BCUT2D eigenvalue weighted by Crippen LogP contribution is 2.54. The molecule has 4 saturated carbocycles. The summed E-state index contributed by atoms with van der Waals surface area (Å²) < 4.78 is 0. The third kappa shape index (κ3) is 3.10. The maximum atomic E-state index is 13.5. The summed E-state index contributed by atoms with van der Waals surface area (Å²) in [5.41, 5.74) is 5.11. The summed E-state index contributed by atoms with van der Waals surface area (Å²) in [6.07, 6.45) is 12.2. The lowest BCUT2D eigenvalue weighted by molar-refractivity contribution is -0.977. The first kappa shape index (κ1) is 18.7. The van der Waals surface area contributed by atoms with Crippen LogP contribution in [0.4, 0.5) is 5.69 Å². The molecule has 1 aromatic rings. The van der Waals surface area contributed by atoms with Crippen LogP contribution in [0.25, 0.3) is 0 Å². The SMILES string of the molecule is Cc1cc(C)c(NC(=O)[C@@H]2CCCC[NH+]2C23CC4CC(CC(C4)C2)C3)c(C)c1. The minimum Gasteiger partial charge on any atom is -0.320 e. The predicted octanol–water partition coefficient (Wildman–Crippen LogP) is 3.96. The summed E-state index contributed by atoms with van der Waals surface area (Å²) in [6, 6.07) is 4.52. The van der Waals surface area contributed by atoms with Crippen molar-refractivity contribution in [3.05, 3.63) is 28.8 Å². The number of benzene rings is 1. The van der Waals surface area contributed by atoms with Gasteiger partial charge < -0.3 is 10.2 Å². The number of quaternary nitrogens is 1. The Balaban J connectivity index is 1.40. The number of aryl methyl sites for hydroxylation is 3. The molecule has 5 aliphatic rings. The van der Waals surface area contributed by atoms with E-state index in [-0.39, 0.29) is 11.9 Å². The maximum Gasteiger partial charge on any atom is 0.282 e. The van der Waals surface area contributed by atoms with Crippen LogP contribution in [0.3, 0.4) is 0 Å². The lowest BCUT2D eigenvalue weighted by Gasteiger charge is -2.59. The number of likely N-dealkylation sites (tertiary alicyclic amines) is 1. The van der Waals surface area contributed by atoms with E-state index in [4.69, 9.17) is 0 Å². The van der Waals surface area contributed by atoms with Crippen LogP contribution in [0.5, 0.6) is 0 Å². The second kappa shape index (κ2) is 6.86. The average molecular weight is 382 g/mol. The van der Waals surface area contributed by atoms with Crippen LogP contribution in [0.1, 0.15) is 74.5 Å². The zero-order chi connectivity index (χ0) is 19.5. The Morgan fingerprint density at radius 1 is 0.964 bits per heavy atom. The Morgan fingerprint density at radius 3 is 2.11 bits per heavy atom. The number of anilines is 1. The molecule has 3 nitrogen and oxygen atoms in total. The van der Waals surface area contributed by atoms with Gasteiger partial charge in [0.05, 0.1) is 12.1 Å². The average Bonchev–Trinajstić information content (AvgIpc) is 2.63. The Morgan fingerprint density at radius 2 is 1.54 bits per heavy atom. The number of hydrogen-bond donors (Lipinski definition) is 2. The van der Waals surface area contributed by atoms with Crippen LogP contribution in [-0.2, 0) is 4.79 Å². The van der Waals surface area contributed by atoms with E-state index in [1.165, 1.54) is 74.6 Å². The number of carbonyl (C=O) groups is 1. The van der Waals surface area contributed by atoms with Crippen LogP contribution >= 0.6 is 0 Å². The van der Waals surface area contributed by atoms with Gasteiger partial charge in [-0.1, -0.05) is 17.7 Å². The summed E-state index contributed by atoms with van der Waals surface area (Å²) in [5.74, 6) is 3.13. The molecule has 3 heteroatoms. The van der Waals surface area contributed by atoms with Crippen LogP contribution < -0.4 is 10.2 Å². The monoisotopic (exact) mass is 381 g/mol. The minimum atomic E-state index is 0.144. The zero-order valence-corrected chi connectivity index (χ0v) is 17.9. The molecule has 1 saturated heterocycles. The van der Waals surface area contributed by atoms with Crippen molar-refractivity contribution in [2.24, 2.45) is 17.8 Å². The smallest absolute Gasteiger partial charge is 0.282 e. The Labute approximate surface area is 170 Å². The minimum absolute atomic E-state index is 0.144. The molecule has 6 rings (SSSR count). The molecule has 2 N–H and O–H groups in total. The molecule has 152 valence electrons. The standard InChI is InChI=1S/C25H36N2O/c1-16-8-17(2)23(18(3)9-16)26-24(28)22-6-4-5-7-27(22)25-13-19-10-20(14-25)12-21(11-19)15-25/h8-9,19-22H,4-7,10-15H2,1-3H3,(H,26,28)/p+1/t19?,20?,21?,22-,25?/m0/s1. The van der Waals surface area contributed by atoms with Crippen LogP contribution in [0, 0.1) is 38.5 Å². The van der Waals surface area contributed by atoms with Crippen molar-refractivity contribution < 1.29 is 9.69 Å². The number of carbonyl (C=O) groups excluding carboxylic acids is 1. The fourth-order valence-electron chi connectivity index (χ4n) is 8.03. The third-order valence-corrected chi connectivity index (χ3v) is 8.57. The molecule has 1 heterocycles. The maximum absolute atomic E-state index is 13.5. The van der Waals surface area contributed by atoms with Gasteiger partial charge in [0.15, 0.2) is 6.04 Å². The summed E-state index contributed by atoms with van der Waals surface area (Å²) in [4.78, 5) is 15.2. The van der Waals surface area contributed by atoms with Gasteiger partial charge in [-0.3, -0.25) is 4.79 Å². The molecule has 0 aromatic heterocycles. The van der Waals surface area contributed by atoms with Gasteiger partial charge in [0.1, 0.15) is 0 Å². The lowest BCUT2D eigenvalue weighted by atomic mass is 9.52. The molecule has 2 atom stereocenters. The van der Waals surface area contributed by atoms with Gasteiger partial charge >= 0.3 is 0 Å². The van der Waals surface area contributed by atoms with E-state index in [1.807, 2.05) is 0 Å². The summed E-state index contributed by atoms with van der Waals surface area (Å²) in [5, 5.41) is 3.38. The van der Waals surface area contributed by atoms with Gasteiger partial charge in [-0.05, 0) is 81.8 Å². The van der Waals surface area contributed by atoms with Crippen molar-refractivity contribution in [1.82, 2.24) is 0 Å². The highest BCUT2D eigenvalue weighted by molar-refractivity contribution is 5.95. The molecular weight excluding hydrogens is 344 g/mol. The highest BCUT2D eigenvalue weighted by atomic mass is 16.2. The number of piperidine rings is 1. The van der Waals surface area contributed by atoms with Gasteiger partial charge in [-0.2, -0.15) is 0 Å². The molecule has 0 radical (unpaired) electrons. The van der Waals surface area contributed by atoms with E-state index in [9.17, 15) is 4.79 Å². The van der Waals surface area contributed by atoms with Crippen LogP contribution in [0.15, 0.2) is 12.1 Å². The molecule has 1 amide bonds. The number of amides is 1. The number of nitrogens with one attached hydrogen (secondary N) is 2. The molecule has 1 aliphatic heterocycles. The topological polar surface area (TPSA) is 33.5 Å². The van der Waals surface area contributed by atoms with Crippen LogP contribution in [0.2, 0.25) is 0 Å². The first-order valence-corrected chi connectivity index (χ1v) is 11.7. The van der Waals surface area contributed by atoms with E-state index in [2.05, 4.69) is 38.2 Å². The summed E-state index contributed by atoms with van der Waals surface area (Å²) in [6.45, 7) is 7.59. The molecule has 1 aromatic carbocycles. The van der Waals surface area contributed by atoms with Crippen molar-refractivity contribution in [1.29, 1.82) is 0 Å². The van der Waals surface area contributed by atoms with E-state index in [1.54, 1.807) is 4.90 Å². The Kier molecular flexibility index (Phi) is 4.58. The zero-order valence-electron chi connectivity index (χ0n) is 17.9. The van der Waals surface area contributed by atoms with Crippen LogP contribution in [-0.4, -0.2) is 24.0 Å². The fourth-order valence-corrected chi connectivity index (χ4v) is 8.03. The lowest BCUT2D eigenvalue weighted by Crippen LogP contribution is -3.25. The van der Waals surface area contributed by atoms with Crippen molar-refractivity contribution >= 4 is 11.6 Å². The van der Waals surface area contributed by atoms with Gasteiger partial charge in [0, 0.05) is 31.4 Å². The molecular formula is C25H37N2O+. The first-order valence-electron chi connectivity index (χ1n) is 11.7. The van der Waals surface area contributed by atoms with E-state index < -0.39 is 0 Å². The second-order valence-corrected chi connectivity index (χ2v) is 10.8. The normalized spacial score (nSPS) is 39.2. The third-order valence-electron chi connectivity index (χ3n) is 8.57.